The van der Waals surface area contributed by atoms with Crippen LogP contribution in [-0.2, 0) is 11.9 Å². The summed E-state index contributed by atoms with van der Waals surface area (Å²) >= 11 is 6.94. The minimum atomic E-state index is 0.490. The van der Waals surface area contributed by atoms with E-state index in [0.717, 1.165) is 26.7 Å². The number of alkyl halides is 1. The van der Waals surface area contributed by atoms with Crippen molar-refractivity contribution in [2.75, 3.05) is 0 Å². The molecule has 0 bridgehead atoms. The van der Waals surface area contributed by atoms with Crippen molar-refractivity contribution >= 4 is 31.9 Å². The van der Waals surface area contributed by atoms with E-state index in [1.165, 1.54) is 5.56 Å². The third-order valence-electron chi connectivity index (χ3n) is 3.01. The van der Waals surface area contributed by atoms with Crippen molar-refractivity contribution in [3.63, 3.8) is 0 Å². The van der Waals surface area contributed by atoms with Crippen molar-refractivity contribution in [2.45, 2.75) is 18.9 Å². The van der Waals surface area contributed by atoms with Gasteiger partial charge in [0.2, 0.25) is 0 Å². The van der Waals surface area contributed by atoms with Crippen LogP contribution in [0.25, 0.3) is 0 Å². The molecule has 0 aliphatic rings. The number of rotatable bonds is 4. The molecule has 0 amide bonds. The number of benzene rings is 2. The summed E-state index contributed by atoms with van der Waals surface area (Å²) in [5, 5.41) is 9.68. The fraction of sp³-hybridized carbons (Fsp3) is 0.188. The SMILES string of the molecule is Cc1cc(C#N)ccc1COc1ccc(CBr)cc1Br. The molecule has 0 saturated carbocycles. The van der Waals surface area contributed by atoms with Crippen molar-refractivity contribution in [3.05, 3.63) is 63.1 Å². The van der Waals surface area contributed by atoms with Gasteiger partial charge in [-0.1, -0.05) is 28.1 Å². The number of hydrogen-bond acceptors (Lipinski definition) is 2. The molecular weight excluding hydrogens is 382 g/mol. The molecule has 2 nitrogen and oxygen atoms in total. The van der Waals surface area contributed by atoms with Crippen LogP contribution < -0.4 is 4.74 Å². The summed E-state index contributed by atoms with van der Waals surface area (Å²) < 4.78 is 6.78. The van der Waals surface area contributed by atoms with Gasteiger partial charge in [0, 0.05) is 5.33 Å². The molecule has 0 aliphatic heterocycles. The van der Waals surface area contributed by atoms with Gasteiger partial charge in [0.15, 0.2) is 0 Å². The van der Waals surface area contributed by atoms with Crippen LogP contribution in [-0.4, -0.2) is 0 Å². The normalized spacial score (nSPS) is 10.1. The van der Waals surface area contributed by atoms with E-state index in [4.69, 9.17) is 10.00 Å². The molecule has 0 aromatic heterocycles. The van der Waals surface area contributed by atoms with Gasteiger partial charge >= 0.3 is 0 Å². The maximum atomic E-state index is 8.86. The summed E-state index contributed by atoms with van der Waals surface area (Å²) in [5.74, 6) is 0.818. The molecule has 0 saturated heterocycles. The molecule has 102 valence electrons. The van der Waals surface area contributed by atoms with E-state index in [2.05, 4.69) is 37.9 Å². The fourth-order valence-electron chi connectivity index (χ4n) is 1.83. The summed E-state index contributed by atoms with van der Waals surface area (Å²) in [4.78, 5) is 0. The van der Waals surface area contributed by atoms with Crippen LogP contribution in [0, 0.1) is 18.3 Å². The zero-order valence-corrected chi connectivity index (χ0v) is 14.2. The molecule has 20 heavy (non-hydrogen) atoms. The zero-order chi connectivity index (χ0) is 14.5. The highest BCUT2D eigenvalue weighted by molar-refractivity contribution is 9.10. The van der Waals surface area contributed by atoms with Gasteiger partial charge in [-0.3, -0.25) is 0 Å². The molecular formula is C16H13Br2NO. The van der Waals surface area contributed by atoms with Gasteiger partial charge in [-0.25, -0.2) is 0 Å². The molecule has 0 heterocycles. The highest BCUT2D eigenvalue weighted by atomic mass is 79.9. The van der Waals surface area contributed by atoms with Crippen LogP contribution >= 0.6 is 31.9 Å². The largest absolute Gasteiger partial charge is 0.488 e. The third-order valence-corrected chi connectivity index (χ3v) is 4.27. The number of nitrogens with zero attached hydrogens (tertiary/aromatic N) is 1. The van der Waals surface area contributed by atoms with E-state index in [-0.39, 0.29) is 0 Å². The molecule has 2 aromatic carbocycles. The Balaban J connectivity index is 2.11. The summed E-state index contributed by atoms with van der Waals surface area (Å²) in [6, 6.07) is 13.8. The Hall–Kier alpha value is -1.31. The van der Waals surface area contributed by atoms with E-state index in [9.17, 15) is 0 Å². The number of halogens is 2. The Bertz CT molecular complexity index is 662. The van der Waals surface area contributed by atoms with Gasteiger partial charge in [0.05, 0.1) is 16.1 Å². The smallest absolute Gasteiger partial charge is 0.134 e. The van der Waals surface area contributed by atoms with Crippen molar-refractivity contribution in [1.82, 2.24) is 0 Å². The van der Waals surface area contributed by atoms with Crippen LogP contribution in [0.5, 0.6) is 5.75 Å². The molecule has 0 fully saturated rings. The van der Waals surface area contributed by atoms with Crippen molar-refractivity contribution in [2.24, 2.45) is 0 Å². The molecule has 0 radical (unpaired) electrons. The lowest BCUT2D eigenvalue weighted by Crippen LogP contribution is -1.99. The highest BCUT2D eigenvalue weighted by Gasteiger charge is 2.05. The number of hydrogen-bond donors (Lipinski definition) is 0. The minimum absolute atomic E-state index is 0.490. The van der Waals surface area contributed by atoms with Gasteiger partial charge in [-0.15, -0.1) is 0 Å². The van der Waals surface area contributed by atoms with Gasteiger partial charge in [0.1, 0.15) is 12.4 Å². The van der Waals surface area contributed by atoms with E-state index in [1.54, 1.807) is 0 Å². The van der Waals surface area contributed by atoms with E-state index < -0.39 is 0 Å². The second-order valence-electron chi connectivity index (χ2n) is 4.44. The fourth-order valence-corrected chi connectivity index (χ4v) is 2.72. The Kier molecular flexibility index (Phi) is 5.22. The number of aryl methyl sites for hydroxylation is 1. The van der Waals surface area contributed by atoms with Gasteiger partial charge in [0.25, 0.3) is 0 Å². The van der Waals surface area contributed by atoms with Crippen molar-refractivity contribution in [3.8, 4) is 11.8 Å². The summed E-state index contributed by atoms with van der Waals surface area (Å²) in [6.45, 7) is 2.48. The zero-order valence-electron chi connectivity index (χ0n) is 11.0. The lowest BCUT2D eigenvalue weighted by molar-refractivity contribution is 0.303. The second kappa shape index (κ2) is 6.92. The Morgan fingerprint density at radius 3 is 2.60 bits per heavy atom. The topological polar surface area (TPSA) is 33.0 Å². The van der Waals surface area contributed by atoms with E-state index >= 15 is 0 Å². The Labute approximate surface area is 135 Å². The number of ether oxygens (including phenoxy) is 1. The van der Waals surface area contributed by atoms with Crippen LogP contribution in [0.15, 0.2) is 40.9 Å². The molecule has 0 atom stereocenters. The van der Waals surface area contributed by atoms with Gasteiger partial charge < -0.3 is 4.74 Å². The van der Waals surface area contributed by atoms with Crippen molar-refractivity contribution in [1.29, 1.82) is 5.26 Å². The van der Waals surface area contributed by atoms with Crippen LogP contribution in [0.4, 0.5) is 0 Å². The summed E-state index contributed by atoms with van der Waals surface area (Å²) in [7, 11) is 0. The Morgan fingerprint density at radius 2 is 2.00 bits per heavy atom. The molecule has 2 rings (SSSR count). The van der Waals surface area contributed by atoms with Crippen LogP contribution in [0.1, 0.15) is 22.3 Å². The molecule has 0 unspecified atom stereocenters. The number of nitriles is 1. The first-order valence-electron chi connectivity index (χ1n) is 6.11. The highest BCUT2D eigenvalue weighted by Crippen LogP contribution is 2.28. The predicted octanol–water partition coefficient (Wildman–Crippen LogP) is 5.10. The van der Waals surface area contributed by atoms with E-state index in [0.29, 0.717) is 12.2 Å². The third kappa shape index (κ3) is 3.62. The van der Waals surface area contributed by atoms with Crippen LogP contribution in [0.3, 0.4) is 0 Å². The second-order valence-corrected chi connectivity index (χ2v) is 5.86. The summed E-state index contributed by atoms with van der Waals surface area (Å²) in [6.07, 6.45) is 0. The Morgan fingerprint density at radius 1 is 1.20 bits per heavy atom. The van der Waals surface area contributed by atoms with Gasteiger partial charge in [-0.05, 0) is 63.8 Å². The van der Waals surface area contributed by atoms with Crippen LogP contribution in [0.2, 0.25) is 0 Å². The first-order valence-corrected chi connectivity index (χ1v) is 8.02. The molecule has 0 N–H and O–H groups in total. The van der Waals surface area contributed by atoms with E-state index in [1.807, 2.05) is 43.3 Å². The van der Waals surface area contributed by atoms with Gasteiger partial charge in [-0.2, -0.15) is 5.26 Å². The van der Waals surface area contributed by atoms with Crippen molar-refractivity contribution < 1.29 is 4.74 Å². The average molecular weight is 395 g/mol. The maximum Gasteiger partial charge on any atom is 0.134 e. The minimum Gasteiger partial charge on any atom is -0.488 e. The molecule has 0 spiro atoms. The molecule has 4 heteroatoms. The lowest BCUT2D eigenvalue weighted by Gasteiger charge is -2.11. The lowest BCUT2D eigenvalue weighted by atomic mass is 10.1. The predicted molar refractivity (Wildman–Crippen MR) is 87.0 cm³/mol. The first-order chi connectivity index (χ1) is 9.63. The quantitative estimate of drug-likeness (QED) is 0.675. The maximum absolute atomic E-state index is 8.86. The first kappa shape index (κ1) is 15.1. The summed E-state index contributed by atoms with van der Waals surface area (Å²) in [5.41, 5.74) is 4.02. The monoisotopic (exact) mass is 393 g/mol. The molecule has 2 aromatic rings. The molecule has 0 aliphatic carbocycles. The average Bonchev–Trinajstić information content (AvgIpc) is 2.46. The standard InChI is InChI=1S/C16H13Br2NO/c1-11-6-13(9-19)2-4-14(11)10-20-16-5-3-12(8-17)7-15(16)18/h2-7H,8,10H2,1H3.